The molecule has 0 bridgehead atoms. The molecule has 2 aromatic carbocycles. The van der Waals surface area contributed by atoms with Gasteiger partial charge in [-0.3, -0.25) is 10.3 Å². The summed E-state index contributed by atoms with van der Waals surface area (Å²) in [4.78, 5) is 11.4. The topological polar surface area (TPSA) is 154 Å². The number of nitrogens with one attached hydrogen (secondary N) is 1. The van der Waals surface area contributed by atoms with Gasteiger partial charge in [-0.05, 0) is 61.9 Å². The molecule has 1 aliphatic carbocycles. The quantitative estimate of drug-likeness (QED) is 0.157. The van der Waals surface area contributed by atoms with E-state index in [9.17, 15) is 15.5 Å². The van der Waals surface area contributed by atoms with E-state index in [1.807, 2.05) is 36.4 Å². The highest BCUT2D eigenvalue weighted by molar-refractivity contribution is 6.36. The summed E-state index contributed by atoms with van der Waals surface area (Å²) in [6.45, 7) is 5.33. The van der Waals surface area contributed by atoms with Crippen molar-refractivity contribution in [3.05, 3.63) is 86.4 Å². The first-order valence-electron chi connectivity index (χ1n) is 16.4. The minimum Gasteiger partial charge on any atom is -0.481 e. The largest absolute Gasteiger partial charge is 0.481 e. The number of hydrogen-bond donors (Lipinski definition) is 3. The van der Waals surface area contributed by atoms with Crippen molar-refractivity contribution in [3.63, 3.8) is 0 Å². The van der Waals surface area contributed by atoms with Crippen LogP contribution in [-0.4, -0.2) is 61.6 Å². The van der Waals surface area contributed by atoms with Crippen LogP contribution in [0.4, 0.5) is 0 Å². The van der Waals surface area contributed by atoms with Gasteiger partial charge >= 0.3 is 0 Å². The lowest BCUT2D eigenvalue weighted by Gasteiger charge is -2.20. The number of aliphatic hydroxyl groups excluding tert-OH is 1. The van der Waals surface area contributed by atoms with Gasteiger partial charge in [-0.15, -0.1) is 0 Å². The average molecular weight is 716 g/mol. The second kappa shape index (κ2) is 13.4. The van der Waals surface area contributed by atoms with Crippen LogP contribution in [0.25, 0.3) is 33.7 Å². The summed E-state index contributed by atoms with van der Waals surface area (Å²) in [6, 6.07) is 15.6. The monoisotopic (exact) mass is 714 g/mol. The first kappa shape index (κ1) is 34.0. The molecule has 0 saturated carbocycles. The molecule has 13 heteroatoms. The van der Waals surface area contributed by atoms with E-state index in [1.165, 1.54) is 10.8 Å². The number of nitriles is 1. The van der Waals surface area contributed by atoms with Crippen LogP contribution < -0.4 is 15.0 Å². The third-order valence-corrected chi connectivity index (χ3v) is 9.83. The van der Waals surface area contributed by atoms with Gasteiger partial charge in [0.25, 0.3) is 0 Å². The number of methoxy groups -OCH3 is 1. The van der Waals surface area contributed by atoms with Gasteiger partial charge < -0.3 is 28.7 Å². The summed E-state index contributed by atoms with van der Waals surface area (Å²) in [5, 5.41) is 39.7. The minimum atomic E-state index is -1.11. The maximum atomic E-state index is 10.4. The number of fused-ring (bicyclic) bond motifs is 2. The van der Waals surface area contributed by atoms with Crippen molar-refractivity contribution in [1.29, 1.82) is 10.7 Å². The highest BCUT2D eigenvalue weighted by atomic mass is 35.5. The Kier molecular flexibility index (Phi) is 9.09. The zero-order valence-corrected chi connectivity index (χ0v) is 29.3. The fraction of sp³-hybridized carbons (Fsp3) is 0.351. The first-order chi connectivity index (χ1) is 23.9. The summed E-state index contributed by atoms with van der Waals surface area (Å²) in [5.74, 6) is 0.917. The number of benzene rings is 2. The van der Waals surface area contributed by atoms with Crippen LogP contribution in [0.2, 0.25) is 10.0 Å². The van der Waals surface area contributed by atoms with Crippen molar-refractivity contribution in [2.45, 2.75) is 64.0 Å². The van der Waals surface area contributed by atoms with Gasteiger partial charge in [0.05, 0.1) is 35.9 Å². The fourth-order valence-corrected chi connectivity index (χ4v) is 7.44. The summed E-state index contributed by atoms with van der Waals surface area (Å²) >= 11 is 13.8. The van der Waals surface area contributed by atoms with Crippen LogP contribution in [0.3, 0.4) is 0 Å². The number of aromatic nitrogens is 3. The lowest BCUT2D eigenvalue weighted by molar-refractivity contribution is 0.0602. The molecule has 50 heavy (non-hydrogen) atoms. The molecule has 1 saturated heterocycles. The summed E-state index contributed by atoms with van der Waals surface area (Å²) < 4.78 is 19.6. The van der Waals surface area contributed by atoms with Crippen LogP contribution in [0, 0.1) is 16.7 Å². The molecule has 5 aromatic rings. The van der Waals surface area contributed by atoms with Crippen LogP contribution in [0.1, 0.15) is 55.0 Å². The third-order valence-electron chi connectivity index (χ3n) is 9.15. The van der Waals surface area contributed by atoms with Crippen molar-refractivity contribution >= 4 is 34.3 Å². The summed E-state index contributed by atoms with van der Waals surface area (Å²) in [6.07, 6.45) is 3.05. The lowest BCUT2D eigenvalue weighted by atomic mass is 9.95. The Labute approximate surface area is 298 Å². The third kappa shape index (κ3) is 6.45. The van der Waals surface area contributed by atoms with Gasteiger partial charge in [0.2, 0.25) is 17.7 Å². The molecule has 0 radical (unpaired) electrons. The molecule has 7 rings (SSSR count). The highest BCUT2D eigenvalue weighted by Crippen LogP contribution is 2.45. The van der Waals surface area contributed by atoms with Crippen molar-refractivity contribution in [1.82, 2.24) is 19.4 Å². The van der Waals surface area contributed by atoms with E-state index in [0.29, 0.717) is 46.9 Å². The molecule has 2 aliphatic rings. The number of rotatable bonds is 9. The van der Waals surface area contributed by atoms with E-state index in [2.05, 4.69) is 20.9 Å². The van der Waals surface area contributed by atoms with Gasteiger partial charge in [-0.2, -0.15) is 10.2 Å². The Morgan fingerprint density at radius 1 is 1.10 bits per heavy atom. The normalized spacial score (nSPS) is 17.6. The van der Waals surface area contributed by atoms with Crippen molar-refractivity contribution < 1.29 is 24.1 Å². The number of likely N-dealkylation sites (tertiary alicyclic amines) is 1. The molecule has 2 atom stereocenters. The van der Waals surface area contributed by atoms with Crippen molar-refractivity contribution in [2.75, 3.05) is 20.2 Å². The molecule has 1 aliphatic heterocycles. The van der Waals surface area contributed by atoms with Gasteiger partial charge in [0, 0.05) is 37.0 Å². The van der Waals surface area contributed by atoms with Gasteiger partial charge in [0.15, 0.2) is 16.6 Å². The number of aliphatic hydroxyl groups is 2. The van der Waals surface area contributed by atoms with Crippen molar-refractivity contribution in [3.8, 4) is 40.4 Å². The number of hydrogen-bond acceptors (Lipinski definition) is 10. The molecule has 3 N–H and O–H groups in total. The molecule has 4 heterocycles. The number of nitrogens with zero attached hydrogens (tertiary/aromatic N) is 5. The summed E-state index contributed by atoms with van der Waals surface area (Å²) in [5.41, 5.74) is 4.68. The number of ether oxygens (including phenoxy) is 2. The predicted molar refractivity (Wildman–Crippen MR) is 188 cm³/mol. The van der Waals surface area contributed by atoms with E-state index in [0.717, 1.165) is 47.2 Å². The molecule has 1 fully saturated rings. The highest BCUT2D eigenvalue weighted by Gasteiger charge is 2.30. The zero-order chi connectivity index (χ0) is 35.3. The Morgan fingerprint density at radius 3 is 2.58 bits per heavy atom. The number of pyridine rings is 2. The first-order valence-corrected chi connectivity index (χ1v) is 17.1. The maximum Gasteiger partial charge on any atom is 0.236 e. The second-order valence-electron chi connectivity index (χ2n) is 13.4. The standard InChI is InChI=1S/C37H36Cl2N6O5/c1-37(2,47)19-45-17-21(15-40)32-31(33(45)41)42-35(50-32)27-9-5-8-26(30(27)39)23-6-4-7-25-24(23)10-11-29(25)49-36-28(38)14-20(34(43-36)48-3)16-44-13-12-22(46)18-44/h4-9,14,17,22,29,41,46-47H,10-13,16,18-19H2,1-3H3/t22-,29+/m1/s1. The van der Waals surface area contributed by atoms with Crippen LogP contribution in [-0.2, 0) is 19.5 Å². The SMILES string of the molecule is COc1nc(O[C@H]2CCc3c(-c4cccc(-c5nc6c(=N)n(CC(C)(C)O)cc(C#N)c6o5)c4Cl)cccc32)c(Cl)cc1CN1CC[C@@H](O)C1. The van der Waals surface area contributed by atoms with Gasteiger partial charge in [-0.25, -0.2) is 4.98 Å². The van der Waals surface area contributed by atoms with E-state index >= 15 is 0 Å². The van der Waals surface area contributed by atoms with Gasteiger partial charge in [-0.1, -0.05) is 53.5 Å². The van der Waals surface area contributed by atoms with E-state index in [-0.39, 0.29) is 46.8 Å². The van der Waals surface area contributed by atoms with Crippen molar-refractivity contribution in [2.24, 2.45) is 0 Å². The molecular weight excluding hydrogens is 679 g/mol. The number of halogens is 2. The Bertz CT molecular complexity index is 2220. The van der Waals surface area contributed by atoms with Crippen LogP contribution >= 0.6 is 23.2 Å². The number of oxazole rings is 1. The summed E-state index contributed by atoms with van der Waals surface area (Å²) in [7, 11) is 1.57. The Balaban J connectivity index is 1.19. The number of β-amino-alcohol motifs (C(OH)–C–C–N with tert-alkyl or cyclic N) is 1. The second-order valence-corrected chi connectivity index (χ2v) is 14.2. The van der Waals surface area contributed by atoms with Gasteiger partial charge in [0.1, 0.15) is 22.8 Å². The molecule has 3 aromatic heterocycles. The maximum absolute atomic E-state index is 10.4. The molecule has 0 unspecified atom stereocenters. The predicted octanol–water partition coefficient (Wildman–Crippen LogP) is 6.43. The Morgan fingerprint density at radius 2 is 1.86 bits per heavy atom. The van der Waals surface area contributed by atoms with E-state index in [1.54, 1.807) is 27.0 Å². The fourth-order valence-electron chi connectivity index (χ4n) is 6.91. The van der Waals surface area contributed by atoms with Crippen LogP contribution in [0.5, 0.6) is 11.8 Å². The zero-order valence-electron chi connectivity index (χ0n) is 27.8. The minimum absolute atomic E-state index is 0.0172. The Hall–Kier alpha value is -4.44. The van der Waals surface area contributed by atoms with E-state index in [4.69, 9.17) is 42.5 Å². The molecule has 258 valence electrons. The molecular formula is C37H36Cl2N6O5. The van der Waals surface area contributed by atoms with E-state index < -0.39 is 5.60 Å². The molecule has 0 spiro atoms. The molecule has 0 amide bonds. The molecule has 11 nitrogen and oxygen atoms in total. The average Bonchev–Trinajstić information content (AvgIpc) is 3.82. The van der Waals surface area contributed by atoms with Crippen LogP contribution in [0.15, 0.2) is 53.1 Å². The smallest absolute Gasteiger partial charge is 0.236 e. The lowest BCUT2D eigenvalue weighted by Crippen LogP contribution is -2.32.